The summed E-state index contributed by atoms with van der Waals surface area (Å²) in [6.45, 7) is 3.83. The van der Waals surface area contributed by atoms with Gasteiger partial charge in [-0.3, -0.25) is 4.79 Å². The van der Waals surface area contributed by atoms with Gasteiger partial charge in [0.05, 0.1) is 0 Å². The molecule has 0 bridgehead atoms. The Morgan fingerprint density at radius 3 is 1.23 bits per heavy atom. The zero-order chi connectivity index (χ0) is 18.6. The Balaban J connectivity index is 2.53. The molecule has 0 saturated carbocycles. The topological polar surface area (TPSA) is 17.1 Å². The summed E-state index contributed by atoms with van der Waals surface area (Å²) in [4.78, 5) is 13.2. The van der Waals surface area contributed by atoms with E-state index in [-0.39, 0.29) is 11.7 Å². The summed E-state index contributed by atoms with van der Waals surface area (Å²) in [6.07, 6.45) is 0. The highest BCUT2D eigenvalue weighted by atomic mass is 31.2. The maximum absolute atomic E-state index is 13.2. The van der Waals surface area contributed by atoms with E-state index in [9.17, 15) is 4.79 Å². The van der Waals surface area contributed by atoms with Crippen LogP contribution in [0.3, 0.4) is 0 Å². The zero-order valence-electron chi connectivity index (χ0n) is 15.6. The lowest BCUT2D eigenvalue weighted by Gasteiger charge is -2.31. The van der Waals surface area contributed by atoms with Crippen molar-refractivity contribution in [3.05, 3.63) is 91.0 Å². The Labute approximate surface area is 156 Å². The van der Waals surface area contributed by atoms with Crippen LogP contribution in [0.1, 0.15) is 20.8 Å². The molecule has 2 heteroatoms. The van der Waals surface area contributed by atoms with E-state index >= 15 is 0 Å². The molecule has 132 valence electrons. The molecule has 0 aliphatic rings. The van der Waals surface area contributed by atoms with Crippen molar-refractivity contribution >= 4 is 33.9 Å². The number of hydrogen-bond acceptors (Lipinski definition) is 1. The average molecular weight is 360 g/mol. The van der Waals surface area contributed by atoms with Crippen molar-refractivity contribution in [1.82, 2.24) is 0 Å². The molecule has 0 radical (unpaired) electrons. The molecule has 1 nitrogen and oxygen atoms in total. The highest BCUT2D eigenvalue weighted by Gasteiger charge is 2.31. The second kappa shape index (κ2) is 7.89. The van der Waals surface area contributed by atoms with E-state index in [0.29, 0.717) is 0 Å². The molecule has 3 aromatic carbocycles. The minimum absolute atomic E-state index is 0.0227. The molecule has 0 heterocycles. The minimum Gasteiger partial charge on any atom is -0.294 e. The van der Waals surface area contributed by atoms with Gasteiger partial charge in [-0.25, -0.2) is 0 Å². The van der Waals surface area contributed by atoms with Crippen LogP contribution in [0, 0.1) is 5.92 Å². The summed E-state index contributed by atoms with van der Waals surface area (Å²) in [5.41, 5.74) is 0. The van der Waals surface area contributed by atoms with Gasteiger partial charge in [-0.1, -0.05) is 105 Å². The Kier molecular flexibility index (Phi) is 5.59. The number of ketones is 1. The third-order valence-electron chi connectivity index (χ3n) is 4.81. The smallest absolute Gasteiger partial charge is 0.162 e. The van der Waals surface area contributed by atoms with E-state index in [0.717, 1.165) is 5.29 Å². The molecule has 3 aromatic rings. The molecule has 0 atom stereocenters. The quantitative estimate of drug-likeness (QED) is 0.617. The summed E-state index contributed by atoms with van der Waals surface area (Å²) in [6, 6.07) is 31.6. The number of carbonyl (C=O) groups is 1. The largest absolute Gasteiger partial charge is 0.294 e. The number of rotatable bonds is 5. The van der Waals surface area contributed by atoms with E-state index in [2.05, 4.69) is 72.8 Å². The third-order valence-corrected chi connectivity index (χ3v) is 9.26. The monoisotopic (exact) mass is 360 g/mol. The molecular weight excluding hydrogens is 335 g/mol. The lowest BCUT2D eigenvalue weighted by molar-refractivity contribution is -0.115. The van der Waals surface area contributed by atoms with Crippen LogP contribution < -0.4 is 15.9 Å². The lowest BCUT2D eigenvalue weighted by Crippen LogP contribution is -2.33. The van der Waals surface area contributed by atoms with Crippen LogP contribution in [0.4, 0.5) is 0 Å². The van der Waals surface area contributed by atoms with E-state index < -0.39 is 6.89 Å². The number of Topliss-reactive ketones (excluding diaryl/α,β-unsaturated/α-hetero) is 1. The normalized spacial score (nSPS) is 11.4. The average Bonchev–Trinajstić information content (AvgIpc) is 2.70. The predicted molar refractivity (Wildman–Crippen MR) is 116 cm³/mol. The van der Waals surface area contributed by atoms with Crippen LogP contribution in [0.2, 0.25) is 0 Å². The molecule has 0 N–H and O–H groups in total. The SMILES string of the molecule is CC(C(=O)C(C)C)=P(c1ccccc1)(c1ccccc1)c1ccccc1. The van der Waals surface area contributed by atoms with Gasteiger partial charge in [-0.2, -0.15) is 0 Å². The van der Waals surface area contributed by atoms with Crippen molar-refractivity contribution in [2.75, 3.05) is 0 Å². The predicted octanol–water partition coefficient (Wildman–Crippen LogP) is 4.40. The van der Waals surface area contributed by atoms with Crippen molar-refractivity contribution in [2.24, 2.45) is 5.92 Å². The summed E-state index contributed by atoms with van der Waals surface area (Å²) >= 11 is 0. The standard InChI is InChI=1S/C24H25OP/c1-19(2)24(25)20(3)26(21-13-7-4-8-14-21,22-15-9-5-10-16-22)23-17-11-6-12-18-23/h4-19H,1-3H3. The maximum Gasteiger partial charge on any atom is 0.162 e. The highest BCUT2D eigenvalue weighted by Crippen LogP contribution is 2.46. The lowest BCUT2D eigenvalue weighted by atomic mass is 10.1. The second-order valence-corrected chi connectivity index (χ2v) is 10.3. The van der Waals surface area contributed by atoms with Crippen LogP contribution >= 0.6 is 6.89 Å². The Hall–Kier alpha value is -2.37. The van der Waals surface area contributed by atoms with Gasteiger partial charge in [-0.05, 0) is 29.7 Å². The van der Waals surface area contributed by atoms with Gasteiger partial charge in [0.15, 0.2) is 5.78 Å². The van der Waals surface area contributed by atoms with Gasteiger partial charge < -0.3 is 0 Å². The Morgan fingerprint density at radius 2 is 0.962 bits per heavy atom. The summed E-state index contributed by atoms with van der Waals surface area (Å²) in [5, 5.41) is 4.65. The van der Waals surface area contributed by atoms with E-state index in [1.54, 1.807) is 0 Å². The van der Waals surface area contributed by atoms with Crippen LogP contribution in [-0.2, 0) is 4.79 Å². The third kappa shape index (κ3) is 3.20. The molecule has 0 aromatic heterocycles. The van der Waals surface area contributed by atoms with Gasteiger partial charge in [0.1, 0.15) is 0 Å². The van der Waals surface area contributed by atoms with Crippen LogP contribution in [0.5, 0.6) is 0 Å². The summed E-state index contributed by atoms with van der Waals surface area (Å²) < 4.78 is 0. The van der Waals surface area contributed by atoms with Crippen LogP contribution in [-0.4, -0.2) is 11.1 Å². The van der Waals surface area contributed by atoms with E-state index in [1.807, 2.05) is 39.0 Å². The van der Waals surface area contributed by atoms with Crippen molar-refractivity contribution in [3.63, 3.8) is 0 Å². The molecule has 0 fully saturated rings. The van der Waals surface area contributed by atoms with Crippen molar-refractivity contribution in [1.29, 1.82) is 0 Å². The van der Waals surface area contributed by atoms with Crippen molar-refractivity contribution in [2.45, 2.75) is 20.8 Å². The molecule has 0 amide bonds. The first kappa shape index (κ1) is 18.4. The fraction of sp³-hybridized carbons (Fsp3) is 0.167. The molecule has 26 heavy (non-hydrogen) atoms. The fourth-order valence-corrected chi connectivity index (χ4v) is 8.07. The first-order chi connectivity index (χ1) is 12.6. The molecule has 3 rings (SSSR count). The summed E-state index contributed by atoms with van der Waals surface area (Å²) in [7, 11) is 0. The molecular formula is C24H25OP. The molecule has 0 unspecified atom stereocenters. The van der Waals surface area contributed by atoms with Gasteiger partial charge in [0.2, 0.25) is 0 Å². The maximum atomic E-state index is 13.2. The molecule has 0 spiro atoms. The first-order valence-electron chi connectivity index (χ1n) is 9.02. The molecule has 0 aliphatic heterocycles. The Morgan fingerprint density at radius 1 is 0.654 bits per heavy atom. The van der Waals surface area contributed by atoms with Gasteiger partial charge >= 0.3 is 0 Å². The summed E-state index contributed by atoms with van der Waals surface area (Å²) in [5.74, 6) is 0.223. The van der Waals surface area contributed by atoms with Gasteiger partial charge in [-0.15, -0.1) is 0 Å². The molecule has 0 saturated heterocycles. The van der Waals surface area contributed by atoms with Crippen molar-refractivity contribution < 1.29 is 4.79 Å². The van der Waals surface area contributed by atoms with E-state index in [1.165, 1.54) is 15.9 Å². The highest BCUT2D eigenvalue weighted by molar-refractivity contribution is 7.96. The Bertz CT molecular complexity index is 822. The number of hydrogen-bond donors (Lipinski definition) is 0. The second-order valence-electron chi connectivity index (χ2n) is 6.78. The van der Waals surface area contributed by atoms with E-state index in [4.69, 9.17) is 0 Å². The number of carbonyl (C=O) groups excluding carboxylic acids is 1. The molecule has 0 aliphatic carbocycles. The van der Waals surface area contributed by atoms with Crippen LogP contribution in [0.25, 0.3) is 0 Å². The van der Waals surface area contributed by atoms with Crippen molar-refractivity contribution in [3.8, 4) is 0 Å². The first-order valence-corrected chi connectivity index (χ1v) is 10.8. The van der Waals surface area contributed by atoms with Gasteiger partial charge in [0.25, 0.3) is 0 Å². The van der Waals surface area contributed by atoms with Crippen LogP contribution in [0.15, 0.2) is 91.0 Å². The van der Waals surface area contributed by atoms with Gasteiger partial charge in [0, 0.05) is 11.2 Å². The number of benzene rings is 3. The fourth-order valence-electron chi connectivity index (χ4n) is 3.57. The minimum atomic E-state index is -2.19. The zero-order valence-corrected chi connectivity index (χ0v) is 16.5.